The summed E-state index contributed by atoms with van der Waals surface area (Å²) in [5.74, 6) is -0.0705. The van der Waals surface area contributed by atoms with Crippen molar-refractivity contribution in [2.45, 2.75) is 19.4 Å². The minimum atomic E-state index is -0.594. The van der Waals surface area contributed by atoms with Crippen molar-refractivity contribution in [1.82, 2.24) is 15.3 Å². The molecule has 0 saturated heterocycles. The summed E-state index contributed by atoms with van der Waals surface area (Å²) in [6, 6.07) is 5.58. The second kappa shape index (κ2) is 4.18. The molecule has 2 rings (SSSR count). The molecule has 0 aliphatic carbocycles. The number of H-pyrrole nitrogens is 1. The average Bonchev–Trinajstić information content (AvgIpc) is 2.76. The third kappa shape index (κ3) is 2.29. The van der Waals surface area contributed by atoms with Crippen LogP contribution >= 0.6 is 0 Å². The number of hydrogen-bond acceptors (Lipinski definition) is 3. The van der Waals surface area contributed by atoms with Gasteiger partial charge in [-0.25, -0.2) is 4.98 Å². The van der Waals surface area contributed by atoms with E-state index in [9.17, 15) is 4.79 Å². The summed E-state index contributed by atoms with van der Waals surface area (Å²) in [5.41, 5.74) is 1.96. The first-order chi connectivity index (χ1) is 8.03. The number of anilines is 1. The maximum Gasteiger partial charge on any atom is 0.244 e. The zero-order chi connectivity index (χ0) is 12.5. The molecule has 5 heteroatoms. The third-order valence-electron chi connectivity index (χ3n) is 2.87. The number of benzene rings is 1. The summed E-state index contributed by atoms with van der Waals surface area (Å²) in [6.07, 6.45) is 1.63. The van der Waals surface area contributed by atoms with Crippen LogP contribution in [0.15, 0.2) is 24.5 Å². The van der Waals surface area contributed by atoms with Gasteiger partial charge in [0.25, 0.3) is 0 Å². The van der Waals surface area contributed by atoms with E-state index in [4.69, 9.17) is 0 Å². The highest BCUT2D eigenvalue weighted by atomic mass is 16.2. The Kier molecular flexibility index (Phi) is 2.85. The van der Waals surface area contributed by atoms with Crippen LogP contribution in [0, 0.1) is 0 Å². The predicted octanol–water partition coefficient (Wildman–Crippen LogP) is 1.50. The molecule has 0 aliphatic heterocycles. The van der Waals surface area contributed by atoms with Crippen LogP contribution in [0.25, 0.3) is 11.0 Å². The summed E-state index contributed by atoms with van der Waals surface area (Å²) < 4.78 is 0. The van der Waals surface area contributed by atoms with Gasteiger partial charge in [-0.05, 0) is 39.1 Å². The van der Waals surface area contributed by atoms with Gasteiger partial charge >= 0.3 is 0 Å². The van der Waals surface area contributed by atoms with Crippen molar-refractivity contribution in [1.29, 1.82) is 0 Å². The van der Waals surface area contributed by atoms with Crippen molar-refractivity contribution >= 4 is 22.6 Å². The lowest BCUT2D eigenvalue weighted by Crippen LogP contribution is -2.47. The number of hydrogen-bond donors (Lipinski definition) is 3. The first kappa shape index (κ1) is 11.6. The molecule has 1 aromatic carbocycles. The minimum absolute atomic E-state index is 0.0705. The standard InChI is InChI=1S/C12H16N4O/c1-12(2,13-3)11(17)16-8-4-5-9-10(6-8)15-7-14-9/h4-7,13H,1-3H3,(H,14,15)(H,16,17). The number of amides is 1. The fourth-order valence-corrected chi connectivity index (χ4v) is 1.41. The SMILES string of the molecule is CNC(C)(C)C(=O)Nc1ccc2nc[nH]c2c1. The van der Waals surface area contributed by atoms with Crippen LogP contribution in [0.2, 0.25) is 0 Å². The fourth-order valence-electron chi connectivity index (χ4n) is 1.41. The van der Waals surface area contributed by atoms with E-state index < -0.39 is 5.54 Å². The fraction of sp³-hybridized carbons (Fsp3) is 0.333. The van der Waals surface area contributed by atoms with Crippen LogP contribution in [-0.4, -0.2) is 28.5 Å². The number of likely N-dealkylation sites (N-methyl/N-ethyl adjacent to an activating group) is 1. The Hall–Kier alpha value is -1.88. The van der Waals surface area contributed by atoms with Gasteiger partial charge < -0.3 is 15.6 Å². The average molecular weight is 232 g/mol. The van der Waals surface area contributed by atoms with Crippen molar-refractivity contribution in [3.05, 3.63) is 24.5 Å². The van der Waals surface area contributed by atoms with E-state index in [1.165, 1.54) is 0 Å². The summed E-state index contributed by atoms with van der Waals surface area (Å²) >= 11 is 0. The molecule has 0 spiro atoms. The molecule has 3 N–H and O–H groups in total. The largest absolute Gasteiger partial charge is 0.345 e. The van der Waals surface area contributed by atoms with Crippen LogP contribution < -0.4 is 10.6 Å². The van der Waals surface area contributed by atoms with Crippen LogP contribution in [0.4, 0.5) is 5.69 Å². The van der Waals surface area contributed by atoms with Gasteiger partial charge in [-0.1, -0.05) is 0 Å². The van der Waals surface area contributed by atoms with E-state index in [1.54, 1.807) is 13.4 Å². The molecule has 5 nitrogen and oxygen atoms in total. The van der Waals surface area contributed by atoms with Crippen molar-refractivity contribution in [3.8, 4) is 0 Å². The molecular formula is C12H16N4O. The molecule has 1 heterocycles. The van der Waals surface area contributed by atoms with Crippen LogP contribution in [0.3, 0.4) is 0 Å². The number of aromatic nitrogens is 2. The number of aromatic amines is 1. The predicted molar refractivity (Wildman–Crippen MR) is 67.9 cm³/mol. The van der Waals surface area contributed by atoms with Gasteiger partial charge in [0, 0.05) is 5.69 Å². The number of nitrogens with one attached hydrogen (secondary N) is 3. The lowest BCUT2D eigenvalue weighted by Gasteiger charge is -2.22. The highest BCUT2D eigenvalue weighted by molar-refractivity contribution is 5.98. The summed E-state index contributed by atoms with van der Waals surface area (Å²) in [4.78, 5) is 19.1. The van der Waals surface area contributed by atoms with E-state index in [1.807, 2.05) is 32.0 Å². The molecule has 0 radical (unpaired) electrons. The number of imidazole rings is 1. The van der Waals surface area contributed by atoms with Gasteiger partial charge in [-0.2, -0.15) is 0 Å². The number of carbonyl (C=O) groups excluding carboxylic acids is 1. The Morgan fingerprint density at radius 2 is 2.18 bits per heavy atom. The van der Waals surface area contributed by atoms with Crippen molar-refractivity contribution in [2.75, 3.05) is 12.4 Å². The number of carbonyl (C=O) groups is 1. The Morgan fingerprint density at radius 1 is 1.41 bits per heavy atom. The Morgan fingerprint density at radius 3 is 2.88 bits per heavy atom. The Balaban J connectivity index is 2.21. The summed E-state index contributed by atoms with van der Waals surface area (Å²) in [7, 11) is 1.76. The first-order valence-electron chi connectivity index (χ1n) is 5.46. The van der Waals surface area contributed by atoms with Gasteiger partial charge in [0.05, 0.1) is 22.9 Å². The summed E-state index contributed by atoms with van der Waals surface area (Å²) in [6.45, 7) is 3.66. The van der Waals surface area contributed by atoms with Crippen LogP contribution in [-0.2, 0) is 4.79 Å². The van der Waals surface area contributed by atoms with Crippen molar-refractivity contribution in [3.63, 3.8) is 0 Å². The summed E-state index contributed by atoms with van der Waals surface area (Å²) in [5, 5.41) is 5.83. The number of nitrogens with zero attached hydrogens (tertiary/aromatic N) is 1. The molecular weight excluding hydrogens is 216 g/mol. The smallest absolute Gasteiger partial charge is 0.244 e. The molecule has 0 saturated carbocycles. The molecule has 1 amide bonds. The molecule has 90 valence electrons. The van der Waals surface area contributed by atoms with E-state index in [2.05, 4.69) is 20.6 Å². The molecule has 0 bridgehead atoms. The molecule has 0 fully saturated rings. The highest BCUT2D eigenvalue weighted by Crippen LogP contribution is 2.16. The maximum absolute atomic E-state index is 11.9. The zero-order valence-electron chi connectivity index (χ0n) is 10.2. The topological polar surface area (TPSA) is 69.8 Å². The van der Waals surface area contributed by atoms with E-state index >= 15 is 0 Å². The number of rotatable bonds is 3. The second-order valence-corrected chi connectivity index (χ2v) is 4.46. The second-order valence-electron chi connectivity index (χ2n) is 4.46. The van der Waals surface area contributed by atoms with Gasteiger partial charge in [-0.3, -0.25) is 4.79 Å². The van der Waals surface area contributed by atoms with Crippen molar-refractivity contribution < 1.29 is 4.79 Å². The van der Waals surface area contributed by atoms with Crippen molar-refractivity contribution in [2.24, 2.45) is 0 Å². The van der Waals surface area contributed by atoms with Crippen LogP contribution in [0.5, 0.6) is 0 Å². The van der Waals surface area contributed by atoms with Gasteiger partial charge in [0.2, 0.25) is 5.91 Å². The van der Waals surface area contributed by atoms with Crippen LogP contribution in [0.1, 0.15) is 13.8 Å². The number of fused-ring (bicyclic) bond motifs is 1. The maximum atomic E-state index is 11.9. The lowest BCUT2D eigenvalue weighted by molar-refractivity contribution is -0.121. The minimum Gasteiger partial charge on any atom is -0.345 e. The molecule has 0 aliphatic rings. The molecule has 0 atom stereocenters. The first-order valence-corrected chi connectivity index (χ1v) is 5.46. The zero-order valence-corrected chi connectivity index (χ0v) is 10.2. The van der Waals surface area contributed by atoms with Gasteiger partial charge in [-0.15, -0.1) is 0 Å². The Bertz CT molecular complexity index is 544. The molecule has 17 heavy (non-hydrogen) atoms. The normalized spacial score (nSPS) is 11.7. The van der Waals surface area contributed by atoms with E-state index in [0.717, 1.165) is 16.7 Å². The van der Waals surface area contributed by atoms with E-state index in [-0.39, 0.29) is 5.91 Å². The quantitative estimate of drug-likeness (QED) is 0.751. The monoisotopic (exact) mass is 232 g/mol. The van der Waals surface area contributed by atoms with Gasteiger partial charge in [0.1, 0.15) is 0 Å². The molecule has 2 aromatic rings. The molecule has 1 aromatic heterocycles. The van der Waals surface area contributed by atoms with E-state index in [0.29, 0.717) is 0 Å². The third-order valence-corrected chi connectivity index (χ3v) is 2.87. The van der Waals surface area contributed by atoms with Gasteiger partial charge in [0.15, 0.2) is 0 Å². The highest BCUT2D eigenvalue weighted by Gasteiger charge is 2.25. The Labute approximate surface area is 99.6 Å². The lowest BCUT2D eigenvalue weighted by atomic mass is 10.1. The molecule has 0 unspecified atom stereocenters.